The largest absolute Gasteiger partial charge is 0.352 e. The van der Waals surface area contributed by atoms with Gasteiger partial charge in [0.1, 0.15) is 0 Å². The van der Waals surface area contributed by atoms with Crippen LogP contribution in [0.5, 0.6) is 0 Å². The van der Waals surface area contributed by atoms with Crippen molar-refractivity contribution in [2.24, 2.45) is 11.7 Å². The van der Waals surface area contributed by atoms with Crippen molar-refractivity contribution in [3.63, 3.8) is 0 Å². The first kappa shape index (κ1) is 18.9. The lowest BCUT2D eigenvalue weighted by Crippen LogP contribution is -2.35. The number of carbonyl (C=O) groups is 1. The molecular formula is C15H23ClN2O3S. The minimum atomic E-state index is -3.23. The Morgan fingerprint density at radius 2 is 1.91 bits per heavy atom. The van der Waals surface area contributed by atoms with E-state index in [1.54, 1.807) is 12.1 Å². The van der Waals surface area contributed by atoms with Gasteiger partial charge in [-0.05, 0) is 49.4 Å². The molecule has 1 aliphatic rings. The highest BCUT2D eigenvalue weighted by Gasteiger charge is 2.20. The predicted octanol–water partition coefficient (Wildman–Crippen LogP) is 1.76. The van der Waals surface area contributed by atoms with E-state index in [1.165, 1.54) is 12.1 Å². The van der Waals surface area contributed by atoms with E-state index in [0.717, 1.165) is 31.9 Å². The predicted molar refractivity (Wildman–Crippen MR) is 89.1 cm³/mol. The van der Waals surface area contributed by atoms with Crippen molar-refractivity contribution < 1.29 is 13.2 Å². The summed E-state index contributed by atoms with van der Waals surface area (Å²) in [7, 11) is -3.23. The van der Waals surface area contributed by atoms with Gasteiger partial charge < -0.3 is 11.1 Å². The Labute approximate surface area is 138 Å². The van der Waals surface area contributed by atoms with E-state index in [0.29, 0.717) is 18.0 Å². The number of halogens is 1. The number of rotatable bonds is 4. The lowest BCUT2D eigenvalue weighted by atomic mass is 9.86. The van der Waals surface area contributed by atoms with Crippen LogP contribution in [-0.4, -0.2) is 33.2 Å². The highest BCUT2D eigenvalue weighted by molar-refractivity contribution is 7.90. The van der Waals surface area contributed by atoms with E-state index in [4.69, 9.17) is 5.73 Å². The van der Waals surface area contributed by atoms with Crippen molar-refractivity contribution >= 4 is 28.2 Å². The number of sulfone groups is 1. The number of benzene rings is 1. The quantitative estimate of drug-likeness (QED) is 0.869. The molecule has 1 amide bonds. The second-order valence-electron chi connectivity index (χ2n) is 5.80. The lowest BCUT2D eigenvalue weighted by molar-refractivity contribution is 0.0942. The van der Waals surface area contributed by atoms with Gasteiger partial charge in [-0.15, -0.1) is 12.4 Å². The molecule has 124 valence electrons. The molecule has 0 radical (unpaired) electrons. The fourth-order valence-electron chi connectivity index (χ4n) is 2.71. The summed E-state index contributed by atoms with van der Waals surface area (Å²) in [4.78, 5) is 12.3. The molecule has 5 nitrogen and oxygen atoms in total. The van der Waals surface area contributed by atoms with Gasteiger partial charge in [-0.2, -0.15) is 0 Å². The minimum absolute atomic E-state index is 0. The molecule has 1 aromatic carbocycles. The number of carbonyl (C=O) groups excluding carboxylic acids is 1. The molecule has 0 heterocycles. The minimum Gasteiger partial charge on any atom is -0.352 e. The maximum atomic E-state index is 12.0. The number of nitrogens with two attached hydrogens (primary N) is 1. The van der Waals surface area contributed by atoms with Crippen LogP contribution in [0.15, 0.2) is 29.2 Å². The van der Waals surface area contributed by atoms with Crippen LogP contribution in [0.1, 0.15) is 36.0 Å². The van der Waals surface area contributed by atoms with Crippen LogP contribution in [0.25, 0.3) is 0 Å². The highest BCUT2D eigenvalue weighted by atomic mass is 35.5. The number of hydrogen-bond acceptors (Lipinski definition) is 4. The normalized spacial score (nSPS) is 21.7. The third kappa shape index (κ3) is 5.26. The zero-order valence-corrected chi connectivity index (χ0v) is 14.3. The van der Waals surface area contributed by atoms with Crippen LogP contribution >= 0.6 is 12.4 Å². The second kappa shape index (κ2) is 7.94. The molecule has 1 aliphatic carbocycles. The smallest absolute Gasteiger partial charge is 0.251 e. The molecule has 7 heteroatoms. The van der Waals surface area contributed by atoms with Gasteiger partial charge in [0.25, 0.3) is 5.91 Å². The molecular weight excluding hydrogens is 324 g/mol. The van der Waals surface area contributed by atoms with Crippen LogP contribution in [0.2, 0.25) is 0 Å². The summed E-state index contributed by atoms with van der Waals surface area (Å²) in [6.45, 7) is 0.625. The topological polar surface area (TPSA) is 89.3 Å². The summed E-state index contributed by atoms with van der Waals surface area (Å²) in [5.41, 5.74) is 6.40. The van der Waals surface area contributed by atoms with Crippen LogP contribution in [0.3, 0.4) is 0 Å². The van der Waals surface area contributed by atoms with Crippen molar-refractivity contribution in [1.82, 2.24) is 5.32 Å². The van der Waals surface area contributed by atoms with E-state index < -0.39 is 9.84 Å². The first-order valence-corrected chi connectivity index (χ1v) is 9.09. The molecule has 0 aliphatic heterocycles. The Balaban J connectivity index is 0.00000242. The Morgan fingerprint density at radius 3 is 2.45 bits per heavy atom. The summed E-state index contributed by atoms with van der Waals surface area (Å²) in [6.07, 6.45) is 5.38. The van der Waals surface area contributed by atoms with Crippen LogP contribution in [-0.2, 0) is 9.84 Å². The van der Waals surface area contributed by atoms with Gasteiger partial charge in [0, 0.05) is 24.4 Å². The Bertz CT molecular complexity index is 602. The summed E-state index contributed by atoms with van der Waals surface area (Å²) < 4.78 is 22.7. The van der Waals surface area contributed by atoms with Gasteiger partial charge in [-0.3, -0.25) is 4.79 Å². The third-order valence-electron chi connectivity index (χ3n) is 3.92. The standard InChI is InChI=1S/C15H22N2O3S.ClH/c1-21(19,20)14-7-5-12(6-8-14)15(18)17-10-11-3-2-4-13(16)9-11;/h5-8,11,13H,2-4,9-10,16H2,1H3,(H,17,18);1H. The molecule has 0 aromatic heterocycles. The maximum Gasteiger partial charge on any atom is 0.251 e. The Morgan fingerprint density at radius 1 is 1.27 bits per heavy atom. The molecule has 2 atom stereocenters. The molecule has 2 unspecified atom stereocenters. The molecule has 0 bridgehead atoms. The number of nitrogens with one attached hydrogen (secondary N) is 1. The first-order valence-electron chi connectivity index (χ1n) is 7.20. The number of hydrogen-bond donors (Lipinski definition) is 2. The van der Waals surface area contributed by atoms with Crippen molar-refractivity contribution in [2.75, 3.05) is 12.8 Å². The summed E-state index contributed by atoms with van der Waals surface area (Å²) >= 11 is 0. The molecule has 1 aromatic rings. The van der Waals surface area contributed by atoms with Crippen molar-refractivity contribution in [3.8, 4) is 0 Å². The van der Waals surface area contributed by atoms with E-state index in [1.807, 2.05) is 0 Å². The summed E-state index contributed by atoms with van der Waals surface area (Å²) in [5, 5.41) is 2.90. The van der Waals surface area contributed by atoms with Gasteiger partial charge in [0.05, 0.1) is 4.90 Å². The molecule has 1 fully saturated rings. The average Bonchev–Trinajstić information content (AvgIpc) is 2.44. The molecule has 0 saturated heterocycles. The first-order chi connectivity index (χ1) is 9.86. The van der Waals surface area contributed by atoms with E-state index in [9.17, 15) is 13.2 Å². The van der Waals surface area contributed by atoms with E-state index >= 15 is 0 Å². The van der Waals surface area contributed by atoms with Gasteiger partial charge in [0.15, 0.2) is 9.84 Å². The van der Waals surface area contributed by atoms with Crippen molar-refractivity contribution in [1.29, 1.82) is 0 Å². The molecule has 1 saturated carbocycles. The zero-order valence-electron chi connectivity index (χ0n) is 12.6. The van der Waals surface area contributed by atoms with Crippen molar-refractivity contribution in [3.05, 3.63) is 29.8 Å². The van der Waals surface area contributed by atoms with Gasteiger partial charge in [-0.25, -0.2) is 8.42 Å². The molecule has 22 heavy (non-hydrogen) atoms. The van der Waals surface area contributed by atoms with E-state index in [-0.39, 0.29) is 29.3 Å². The van der Waals surface area contributed by atoms with Gasteiger partial charge in [0.2, 0.25) is 0 Å². The molecule has 3 N–H and O–H groups in total. The molecule has 2 rings (SSSR count). The Kier molecular flexibility index (Phi) is 6.84. The SMILES string of the molecule is CS(=O)(=O)c1ccc(C(=O)NCC2CCCC(N)C2)cc1.Cl. The summed E-state index contributed by atoms with van der Waals surface area (Å²) in [6, 6.07) is 6.24. The third-order valence-corrected chi connectivity index (χ3v) is 5.05. The van der Waals surface area contributed by atoms with Crippen molar-refractivity contribution in [2.45, 2.75) is 36.6 Å². The fourth-order valence-corrected chi connectivity index (χ4v) is 3.34. The zero-order chi connectivity index (χ0) is 15.5. The number of amides is 1. The molecule has 0 spiro atoms. The van der Waals surface area contributed by atoms with E-state index in [2.05, 4.69) is 5.32 Å². The van der Waals surface area contributed by atoms with Crippen LogP contribution in [0.4, 0.5) is 0 Å². The second-order valence-corrected chi connectivity index (χ2v) is 7.82. The lowest BCUT2D eigenvalue weighted by Gasteiger charge is -2.26. The highest BCUT2D eigenvalue weighted by Crippen LogP contribution is 2.22. The average molecular weight is 347 g/mol. The fraction of sp³-hybridized carbons (Fsp3) is 0.533. The van der Waals surface area contributed by atoms with Gasteiger partial charge in [-0.1, -0.05) is 6.42 Å². The van der Waals surface area contributed by atoms with Crippen LogP contribution in [0, 0.1) is 5.92 Å². The summed E-state index contributed by atoms with van der Waals surface area (Å²) in [5.74, 6) is 0.266. The van der Waals surface area contributed by atoms with Gasteiger partial charge >= 0.3 is 0 Å². The maximum absolute atomic E-state index is 12.0. The van der Waals surface area contributed by atoms with Crippen LogP contribution < -0.4 is 11.1 Å². The monoisotopic (exact) mass is 346 g/mol. The Hall–Kier alpha value is -1.11.